The maximum Gasteiger partial charge on any atom is 0.160 e. The summed E-state index contributed by atoms with van der Waals surface area (Å²) >= 11 is 3.09. The van der Waals surface area contributed by atoms with Crippen molar-refractivity contribution in [3.8, 4) is 0 Å². The Kier molecular flexibility index (Phi) is 2.48. The Morgan fingerprint density at radius 1 is 1.43 bits per heavy atom. The normalized spacial score (nSPS) is 10.6. The molecule has 0 spiro atoms. The predicted octanol–water partition coefficient (Wildman–Crippen LogP) is 3.02. The molecule has 2 rings (SSSR count). The molecule has 0 aliphatic heterocycles. The zero-order chi connectivity index (χ0) is 10.1. The molecule has 0 aliphatic carbocycles. The molecular weight excluding hydrogens is 214 g/mol. The molecule has 0 saturated carbocycles. The summed E-state index contributed by atoms with van der Waals surface area (Å²) in [6.45, 7) is 0. The van der Waals surface area contributed by atoms with Gasteiger partial charge in [-0.05, 0) is 29.8 Å². The molecule has 2 aromatic rings. The van der Waals surface area contributed by atoms with Gasteiger partial charge < -0.3 is 5.73 Å². The number of thiophene rings is 1. The van der Waals surface area contributed by atoms with Crippen LogP contribution in [0.3, 0.4) is 0 Å². The van der Waals surface area contributed by atoms with Crippen molar-refractivity contribution in [1.29, 1.82) is 0 Å². The summed E-state index contributed by atoms with van der Waals surface area (Å²) in [5.74, 6) is 0. The molecule has 0 saturated heterocycles. The van der Waals surface area contributed by atoms with Gasteiger partial charge in [0.15, 0.2) is 6.29 Å². The first-order valence-corrected chi connectivity index (χ1v) is 6.11. The van der Waals surface area contributed by atoms with E-state index in [0.29, 0.717) is 0 Å². The highest BCUT2D eigenvalue weighted by atomic mass is 32.2. The van der Waals surface area contributed by atoms with Gasteiger partial charge in [0.25, 0.3) is 0 Å². The van der Waals surface area contributed by atoms with Crippen LogP contribution in [0.25, 0.3) is 10.1 Å². The van der Waals surface area contributed by atoms with Crippen LogP contribution in [0, 0.1) is 0 Å². The van der Waals surface area contributed by atoms with Gasteiger partial charge in [-0.2, -0.15) is 0 Å². The van der Waals surface area contributed by atoms with Crippen molar-refractivity contribution in [3.63, 3.8) is 0 Å². The van der Waals surface area contributed by atoms with Crippen LogP contribution in [0.1, 0.15) is 9.67 Å². The van der Waals surface area contributed by atoms with Gasteiger partial charge in [-0.15, -0.1) is 23.1 Å². The maximum atomic E-state index is 10.6. The van der Waals surface area contributed by atoms with E-state index in [0.717, 1.165) is 31.8 Å². The summed E-state index contributed by atoms with van der Waals surface area (Å²) in [5, 5.41) is 1.06. The number of benzene rings is 1. The Balaban J connectivity index is 2.73. The van der Waals surface area contributed by atoms with Gasteiger partial charge in [0, 0.05) is 4.90 Å². The zero-order valence-corrected chi connectivity index (χ0v) is 9.24. The third-order valence-electron chi connectivity index (χ3n) is 1.99. The molecule has 72 valence electrons. The van der Waals surface area contributed by atoms with Crippen LogP contribution in [0.15, 0.2) is 23.1 Å². The second-order valence-corrected chi connectivity index (χ2v) is 4.87. The van der Waals surface area contributed by atoms with Crippen molar-refractivity contribution in [2.75, 3.05) is 12.0 Å². The number of hydrogen-bond acceptors (Lipinski definition) is 4. The second kappa shape index (κ2) is 3.63. The Labute approximate surface area is 90.1 Å². The monoisotopic (exact) mass is 223 g/mol. The Morgan fingerprint density at radius 2 is 2.21 bits per heavy atom. The summed E-state index contributed by atoms with van der Waals surface area (Å²) < 4.78 is 1.00. The van der Waals surface area contributed by atoms with Crippen LogP contribution in [0.2, 0.25) is 0 Å². The number of aldehydes is 1. The maximum absolute atomic E-state index is 10.6. The Morgan fingerprint density at radius 3 is 2.86 bits per heavy atom. The first-order valence-electron chi connectivity index (χ1n) is 4.07. The van der Waals surface area contributed by atoms with Gasteiger partial charge in [0.2, 0.25) is 0 Å². The van der Waals surface area contributed by atoms with Gasteiger partial charge in [-0.1, -0.05) is 0 Å². The van der Waals surface area contributed by atoms with Crippen molar-refractivity contribution in [1.82, 2.24) is 0 Å². The lowest BCUT2D eigenvalue weighted by Crippen LogP contribution is -1.84. The van der Waals surface area contributed by atoms with Gasteiger partial charge in [0.1, 0.15) is 0 Å². The fraction of sp³-hybridized carbons (Fsp3) is 0.100. The molecule has 0 atom stereocenters. The minimum absolute atomic E-state index is 0.727. The number of carbonyl (C=O) groups is 1. The molecule has 14 heavy (non-hydrogen) atoms. The fourth-order valence-corrected chi connectivity index (χ4v) is 2.72. The molecule has 1 heterocycles. The topological polar surface area (TPSA) is 43.1 Å². The van der Waals surface area contributed by atoms with Crippen LogP contribution in [-0.4, -0.2) is 12.5 Å². The van der Waals surface area contributed by atoms with E-state index in [-0.39, 0.29) is 0 Å². The third kappa shape index (κ3) is 1.51. The highest BCUT2D eigenvalue weighted by molar-refractivity contribution is 7.98. The standard InChI is InChI=1S/C10H9NOS2/c1-13-7-2-6-3-8(5-12)14-10(6)9(11)4-7/h2-5H,11H2,1H3. The highest BCUT2D eigenvalue weighted by Gasteiger charge is 2.05. The summed E-state index contributed by atoms with van der Waals surface area (Å²) in [5.41, 5.74) is 6.64. The van der Waals surface area contributed by atoms with E-state index in [4.69, 9.17) is 5.73 Å². The van der Waals surface area contributed by atoms with E-state index in [1.54, 1.807) is 11.8 Å². The van der Waals surface area contributed by atoms with Crippen LogP contribution in [-0.2, 0) is 0 Å². The number of hydrogen-bond donors (Lipinski definition) is 1. The van der Waals surface area contributed by atoms with Gasteiger partial charge in [-0.25, -0.2) is 0 Å². The van der Waals surface area contributed by atoms with Gasteiger partial charge in [0.05, 0.1) is 15.3 Å². The third-order valence-corrected chi connectivity index (χ3v) is 3.82. The number of fused-ring (bicyclic) bond motifs is 1. The molecule has 0 bridgehead atoms. The molecule has 4 heteroatoms. The summed E-state index contributed by atoms with van der Waals surface area (Å²) in [6.07, 6.45) is 2.87. The molecule has 2 N–H and O–H groups in total. The first kappa shape index (κ1) is 9.55. The molecule has 0 aliphatic rings. The van der Waals surface area contributed by atoms with Crippen molar-refractivity contribution in [2.24, 2.45) is 0 Å². The zero-order valence-electron chi connectivity index (χ0n) is 7.61. The number of anilines is 1. The molecule has 0 unspecified atom stereocenters. The van der Waals surface area contributed by atoms with E-state index in [1.165, 1.54) is 11.3 Å². The van der Waals surface area contributed by atoms with Gasteiger partial charge in [-0.3, -0.25) is 4.79 Å². The van der Waals surface area contributed by atoms with Crippen molar-refractivity contribution in [2.45, 2.75) is 4.90 Å². The predicted molar refractivity (Wildman–Crippen MR) is 63.4 cm³/mol. The SMILES string of the molecule is CSc1cc(N)c2sc(C=O)cc2c1. The van der Waals surface area contributed by atoms with Crippen molar-refractivity contribution < 1.29 is 4.79 Å². The number of rotatable bonds is 2. The minimum atomic E-state index is 0.727. The average molecular weight is 223 g/mol. The lowest BCUT2D eigenvalue weighted by Gasteiger charge is -1.99. The summed E-state index contributed by atoms with van der Waals surface area (Å²) in [4.78, 5) is 12.5. The molecule has 0 amide bonds. The highest BCUT2D eigenvalue weighted by Crippen LogP contribution is 2.33. The minimum Gasteiger partial charge on any atom is -0.398 e. The summed E-state index contributed by atoms with van der Waals surface area (Å²) in [7, 11) is 0. The molecular formula is C10H9NOS2. The average Bonchev–Trinajstić information content (AvgIpc) is 2.61. The van der Waals surface area contributed by atoms with E-state index in [2.05, 4.69) is 6.07 Å². The van der Waals surface area contributed by atoms with E-state index < -0.39 is 0 Å². The number of nitrogens with two attached hydrogens (primary N) is 1. The molecule has 1 aromatic heterocycles. The Hall–Kier alpha value is -1.00. The smallest absolute Gasteiger partial charge is 0.160 e. The van der Waals surface area contributed by atoms with Crippen LogP contribution < -0.4 is 5.73 Å². The quantitative estimate of drug-likeness (QED) is 0.483. The van der Waals surface area contributed by atoms with E-state index in [9.17, 15) is 4.79 Å². The number of nitrogen functional groups attached to an aromatic ring is 1. The summed E-state index contributed by atoms with van der Waals surface area (Å²) in [6, 6.07) is 5.88. The number of thioether (sulfide) groups is 1. The first-order chi connectivity index (χ1) is 6.74. The lowest BCUT2D eigenvalue weighted by atomic mass is 10.2. The molecule has 0 radical (unpaired) electrons. The molecule has 1 aromatic carbocycles. The Bertz CT molecular complexity index is 490. The van der Waals surface area contributed by atoms with Crippen LogP contribution in [0.4, 0.5) is 5.69 Å². The van der Waals surface area contributed by atoms with Crippen LogP contribution in [0.5, 0.6) is 0 Å². The second-order valence-electron chi connectivity index (χ2n) is 2.90. The van der Waals surface area contributed by atoms with E-state index in [1.807, 2.05) is 18.4 Å². The molecule has 0 fully saturated rings. The van der Waals surface area contributed by atoms with Crippen LogP contribution >= 0.6 is 23.1 Å². The van der Waals surface area contributed by atoms with Crippen molar-refractivity contribution >= 4 is 45.2 Å². The van der Waals surface area contributed by atoms with E-state index >= 15 is 0 Å². The van der Waals surface area contributed by atoms with Gasteiger partial charge >= 0.3 is 0 Å². The van der Waals surface area contributed by atoms with Crippen molar-refractivity contribution in [3.05, 3.63) is 23.1 Å². The fourth-order valence-electron chi connectivity index (χ4n) is 1.35. The number of carbonyl (C=O) groups excluding carboxylic acids is 1. The lowest BCUT2D eigenvalue weighted by molar-refractivity contribution is 0.112. The molecule has 2 nitrogen and oxygen atoms in total. The largest absolute Gasteiger partial charge is 0.398 e.